The van der Waals surface area contributed by atoms with Crippen LogP contribution in [0.4, 0.5) is 11.4 Å². The van der Waals surface area contributed by atoms with Crippen molar-refractivity contribution >= 4 is 47.8 Å². The summed E-state index contributed by atoms with van der Waals surface area (Å²) in [5, 5.41) is 15.6. The molecule has 2 heterocycles. The summed E-state index contributed by atoms with van der Waals surface area (Å²) in [5.41, 5.74) is 10.1. The fourth-order valence-corrected chi connectivity index (χ4v) is 3.62. The number of aromatic nitrogens is 2. The third-order valence-electron chi connectivity index (χ3n) is 5.41. The lowest BCUT2D eigenvalue weighted by Gasteiger charge is -2.09. The van der Waals surface area contributed by atoms with E-state index in [1.807, 2.05) is 13.8 Å². The number of carbonyl (C=O) groups excluding carboxylic acids is 3. The summed E-state index contributed by atoms with van der Waals surface area (Å²) in [6.45, 7) is 7.43. The van der Waals surface area contributed by atoms with Crippen LogP contribution in [0.2, 0.25) is 0 Å². The monoisotopic (exact) mass is 451 g/mol. The molecule has 31 heavy (non-hydrogen) atoms. The van der Waals surface area contributed by atoms with Gasteiger partial charge in [-0.1, -0.05) is 0 Å². The van der Waals surface area contributed by atoms with Gasteiger partial charge >= 0.3 is 0 Å². The second-order valence-electron chi connectivity index (χ2n) is 7.23. The quantitative estimate of drug-likeness (QED) is 0.237. The normalized spacial score (nSPS) is 10.3. The van der Waals surface area contributed by atoms with Crippen LogP contribution in [0.5, 0.6) is 0 Å². The van der Waals surface area contributed by atoms with E-state index in [2.05, 4.69) is 16.0 Å². The number of nitrogens with one attached hydrogen (secondary N) is 4. The number of carbonyl (C=O) groups is 3. The van der Waals surface area contributed by atoms with Crippen LogP contribution in [0.3, 0.4) is 0 Å². The molecule has 0 atom stereocenters. The second-order valence-corrected chi connectivity index (χ2v) is 7.23. The maximum absolute atomic E-state index is 13.1. The number of halogens is 1. The topological polar surface area (TPSA) is 147 Å². The molecule has 2 aromatic heterocycles. The molecule has 3 amide bonds. The smallest absolute Gasteiger partial charge is 0.272 e. The maximum atomic E-state index is 13.1. The number of nitrogens with zero attached hydrogens (tertiary/aromatic N) is 2. The van der Waals surface area contributed by atoms with Crippen molar-refractivity contribution in [2.45, 2.75) is 34.1 Å². The zero-order valence-corrected chi connectivity index (χ0v) is 19.4. The summed E-state index contributed by atoms with van der Waals surface area (Å²) in [6, 6.07) is 0. The van der Waals surface area contributed by atoms with Crippen molar-refractivity contribution < 1.29 is 14.4 Å². The lowest BCUT2D eigenvalue weighted by molar-refractivity contribution is -0.105. The summed E-state index contributed by atoms with van der Waals surface area (Å²) in [6.07, 6.45) is 0.848. The van der Waals surface area contributed by atoms with Gasteiger partial charge in [-0.05, 0) is 27.7 Å². The number of amidine groups is 1. The third-order valence-corrected chi connectivity index (χ3v) is 5.41. The van der Waals surface area contributed by atoms with Crippen LogP contribution in [0.1, 0.15) is 49.9 Å². The van der Waals surface area contributed by atoms with Gasteiger partial charge in [0.05, 0.1) is 17.2 Å². The molecule has 0 spiro atoms. The van der Waals surface area contributed by atoms with E-state index >= 15 is 0 Å². The molecule has 0 bridgehead atoms. The minimum atomic E-state index is -0.336. The molecule has 0 aliphatic heterocycles. The lowest BCUT2D eigenvalue weighted by atomic mass is 10.2. The summed E-state index contributed by atoms with van der Waals surface area (Å²) in [5.74, 6) is -0.639. The van der Waals surface area contributed by atoms with Gasteiger partial charge in [-0.15, -0.1) is 12.4 Å². The Morgan fingerprint density at radius 1 is 0.968 bits per heavy atom. The molecule has 0 unspecified atom stereocenters. The van der Waals surface area contributed by atoms with Gasteiger partial charge in [0.1, 0.15) is 11.4 Å². The Morgan fingerprint density at radius 3 is 1.97 bits per heavy atom. The molecule has 0 fully saturated rings. The zero-order valence-electron chi connectivity index (χ0n) is 18.6. The van der Waals surface area contributed by atoms with E-state index in [1.54, 1.807) is 37.1 Å². The molecule has 6 N–H and O–H groups in total. The average Bonchev–Trinajstić information content (AvgIpc) is 3.00. The van der Waals surface area contributed by atoms with Crippen LogP contribution in [0.25, 0.3) is 0 Å². The van der Waals surface area contributed by atoms with Crippen molar-refractivity contribution in [3.63, 3.8) is 0 Å². The van der Waals surface area contributed by atoms with E-state index in [0.29, 0.717) is 40.3 Å². The van der Waals surface area contributed by atoms with Crippen molar-refractivity contribution in [1.29, 1.82) is 5.41 Å². The minimum absolute atomic E-state index is 0. The fourth-order valence-electron chi connectivity index (χ4n) is 3.62. The maximum Gasteiger partial charge on any atom is 0.272 e. The summed E-state index contributed by atoms with van der Waals surface area (Å²) in [7, 11) is 3.51. The number of hydrogen-bond acceptors (Lipinski definition) is 4. The Kier molecular flexibility index (Phi) is 8.45. The van der Waals surface area contributed by atoms with Gasteiger partial charge in [0.15, 0.2) is 0 Å². The largest absolute Gasteiger partial charge is 0.388 e. The van der Waals surface area contributed by atoms with Crippen molar-refractivity contribution in [2.24, 2.45) is 19.8 Å². The Balaban J connectivity index is 0.00000480. The van der Waals surface area contributed by atoms with Gasteiger partial charge in [-0.2, -0.15) is 0 Å². The Bertz CT molecular complexity index is 1040. The van der Waals surface area contributed by atoms with Gasteiger partial charge in [0.25, 0.3) is 11.8 Å². The molecule has 10 nitrogen and oxygen atoms in total. The van der Waals surface area contributed by atoms with Gasteiger partial charge in [0.2, 0.25) is 6.41 Å². The van der Waals surface area contributed by atoms with E-state index < -0.39 is 0 Å². The minimum Gasteiger partial charge on any atom is -0.388 e. The standard InChI is InChI=1S/C20H29N7O3.ClH/c1-10-15(24-9-28)12(3)26(5)18(10)20(30)25-16-11(2)17(27(6)13(16)4)19(29)23-8-7-14(21)22;/h9H,7-8H2,1-6H3,(H3,21,22)(H,23,29)(H,24,28)(H,25,30);1H. The molecular formula is C20H30ClN7O3. The number of rotatable bonds is 8. The first kappa shape index (κ1) is 25.8. The number of amides is 3. The van der Waals surface area contributed by atoms with E-state index in [1.165, 1.54) is 0 Å². The van der Waals surface area contributed by atoms with Crippen LogP contribution in [0, 0.1) is 33.1 Å². The van der Waals surface area contributed by atoms with Crippen molar-refractivity contribution in [3.8, 4) is 0 Å². The molecular weight excluding hydrogens is 422 g/mol. The Hall–Kier alpha value is -3.27. The second kappa shape index (κ2) is 10.2. The van der Waals surface area contributed by atoms with Gasteiger partial charge in [-0.3, -0.25) is 19.8 Å². The van der Waals surface area contributed by atoms with E-state index in [4.69, 9.17) is 11.1 Å². The first-order valence-corrected chi connectivity index (χ1v) is 9.47. The predicted molar refractivity (Wildman–Crippen MR) is 124 cm³/mol. The van der Waals surface area contributed by atoms with Crippen molar-refractivity contribution in [3.05, 3.63) is 33.9 Å². The van der Waals surface area contributed by atoms with Gasteiger partial charge < -0.3 is 30.8 Å². The number of nitrogens with two attached hydrogens (primary N) is 1. The highest BCUT2D eigenvalue weighted by Crippen LogP contribution is 2.30. The van der Waals surface area contributed by atoms with E-state index in [0.717, 1.165) is 11.4 Å². The zero-order chi connectivity index (χ0) is 22.7. The fraction of sp³-hybridized carbons (Fsp3) is 0.400. The van der Waals surface area contributed by atoms with Gasteiger partial charge in [0, 0.05) is 49.6 Å². The van der Waals surface area contributed by atoms with Crippen LogP contribution in [-0.2, 0) is 18.9 Å². The summed E-state index contributed by atoms with van der Waals surface area (Å²) in [4.78, 5) is 36.6. The summed E-state index contributed by atoms with van der Waals surface area (Å²) >= 11 is 0. The SMILES string of the molecule is Cc1c(NC=O)c(C)n(C)c1C(=O)Nc1c(C)c(C(=O)NCCC(=N)N)n(C)c1C.Cl. The van der Waals surface area contributed by atoms with E-state index in [9.17, 15) is 14.4 Å². The highest BCUT2D eigenvalue weighted by Gasteiger charge is 2.25. The first-order valence-electron chi connectivity index (χ1n) is 9.47. The highest BCUT2D eigenvalue weighted by atomic mass is 35.5. The molecule has 0 radical (unpaired) electrons. The predicted octanol–water partition coefficient (Wildman–Crippen LogP) is 1.90. The molecule has 0 aliphatic rings. The molecule has 0 saturated heterocycles. The molecule has 170 valence electrons. The Labute approximate surface area is 187 Å². The first-order chi connectivity index (χ1) is 14.0. The van der Waals surface area contributed by atoms with Crippen molar-refractivity contribution in [1.82, 2.24) is 14.5 Å². The number of hydrogen-bond donors (Lipinski definition) is 5. The molecule has 2 rings (SSSR count). The van der Waals surface area contributed by atoms with Crippen LogP contribution >= 0.6 is 12.4 Å². The highest BCUT2D eigenvalue weighted by molar-refractivity contribution is 6.08. The van der Waals surface area contributed by atoms with Crippen LogP contribution < -0.4 is 21.7 Å². The molecule has 11 heteroatoms. The summed E-state index contributed by atoms with van der Waals surface area (Å²) < 4.78 is 3.44. The van der Waals surface area contributed by atoms with E-state index in [-0.39, 0.29) is 43.0 Å². The third kappa shape index (κ3) is 4.91. The molecule has 0 saturated carbocycles. The number of anilines is 2. The van der Waals surface area contributed by atoms with Crippen LogP contribution in [-0.4, -0.2) is 39.7 Å². The average molecular weight is 452 g/mol. The lowest BCUT2D eigenvalue weighted by Crippen LogP contribution is -2.29. The Morgan fingerprint density at radius 2 is 1.45 bits per heavy atom. The molecule has 0 aliphatic carbocycles. The van der Waals surface area contributed by atoms with Crippen LogP contribution in [0.15, 0.2) is 0 Å². The molecule has 2 aromatic rings. The molecule has 0 aromatic carbocycles. The van der Waals surface area contributed by atoms with Gasteiger partial charge in [-0.25, -0.2) is 0 Å². The van der Waals surface area contributed by atoms with Crippen molar-refractivity contribution in [2.75, 3.05) is 17.2 Å².